The molecule has 0 saturated heterocycles. The van der Waals surface area contributed by atoms with Gasteiger partial charge in [0.15, 0.2) is 0 Å². The number of carbonyl (C=O) groups excluding carboxylic acids is 1. The number of hydrogen-bond acceptors (Lipinski definition) is 2. The van der Waals surface area contributed by atoms with Crippen molar-refractivity contribution in [1.82, 2.24) is 0 Å². The number of benzene rings is 1. The first-order valence-electron chi connectivity index (χ1n) is 3.52. The Kier molecular flexibility index (Phi) is 2.38. The van der Waals surface area contributed by atoms with Gasteiger partial charge in [0, 0.05) is 5.56 Å². The van der Waals surface area contributed by atoms with Crippen molar-refractivity contribution in [3.63, 3.8) is 0 Å². The third kappa shape index (κ3) is 1.59. The molecule has 0 spiro atoms. The number of rotatable bonds is 1. The second kappa shape index (κ2) is 3.15. The molecule has 0 radical (unpaired) electrons. The van der Waals surface area contributed by atoms with Gasteiger partial charge in [-0.05, 0) is 48.7 Å². The van der Waals surface area contributed by atoms with Crippen LogP contribution in [0.15, 0.2) is 12.1 Å². The van der Waals surface area contributed by atoms with Gasteiger partial charge < -0.3 is 5.11 Å². The predicted molar refractivity (Wildman–Crippen MR) is 47.8 cm³/mol. The highest BCUT2D eigenvalue weighted by atomic mass is 35.5. The molecule has 1 aromatic carbocycles. The smallest absolute Gasteiger partial charge is 0.252 e. The van der Waals surface area contributed by atoms with Crippen molar-refractivity contribution in [3.05, 3.63) is 28.8 Å². The molecule has 0 saturated carbocycles. The van der Waals surface area contributed by atoms with E-state index in [1.165, 1.54) is 6.07 Å². The zero-order valence-electron chi connectivity index (χ0n) is 6.89. The largest absolute Gasteiger partial charge is 0.508 e. The highest BCUT2D eigenvalue weighted by Crippen LogP contribution is 2.22. The van der Waals surface area contributed by atoms with E-state index in [0.29, 0.717) is 5.56 Å². The van der Waals surface area contributed by atoms with Crippen molar-refractivity contribution in [1.29, 1.82) is 0 Å². The summed E-state index contributed by atoms with van der Waals surface area (Å²) in [5.41, 5.74) is 1.97. The highest BCUT2D eigenvalue weighted by Gasteiger charge is 2.06. The van der Waals surface area contributed by atoms with E-state index < -0.39 is 5.24 Å². The van der Waals surface area contributed by atoms with Crippen LogP contribution in [0.2, 0.25) is 0 Å². The zero-order valence-corrected chi connectivity index (χ0v) is 7.64. The van der Waals surface area contributed by atoms with Crippen LogP contribution in [0.5, 0.6) is 5.75 Å². The van der Waals surface area contributed by atoms with Crippen molar-refractivity contribution in [2.24, 2.45) is 0 Å². The fourth-order valence-corrected chi connectivity index (χ4v) is 1.06. The quantitative estimate of drug-likeness (QED) is 0.681. The van der Waals surface area contributed by atoms with E-state index in [-0.39, 0.29) is 5.75 Å². The molecule has 64 valence electrons. The highest BCUT2D eigenvalue weighted by molar-refractivity contribution is 6.67. The van der Waals surface area contributed by atoms with Gasteiger partial charge in [0.1, 0.15) is 5.75 Å². The van der Waals surface area contributed by atoms with Gasteiger partial charge in [0.05, 0.1) is 0 Å². The lowest BCUT2D eigenvalue weighted by molar-refractivity contribution is 0.108. The average Bonchev–Trinajstić information content (AvgIpc) is 1.99. The van der Waals surface area contributed by atoms with Gasteiger partial charge in [0.25, 0.3) is 5.24 Å². The normalized spacial score (nSPS) is 9.92. The minimum atomic E-state index is -0.548. The van der Waals surface area contributed by atoms with Crippen molar-refractivity contribution in [2.75, 3.05) is 0 Å². The number of halogens is 1. The molecule has 0 bridgehead atoms. The van der Waals surface area contributed by atoms with E-state index in [2.05, 4.69) is 0 Å². The van der Waals surface area contributed by atoms with Gasteiger partial charge in [-0.2, -0.15) is 0 Å². The molecule has 0 aromatic heterocycles. The summed E-state index contributed by atoms with van der Waals surface area (Å²) < 4.78 is 0. The Morgan fingerprint density at radius 1 is 1.42 bits per heavy atom. The predicted octanol–water partition coefficient (Wildman–Crippen LogP) is 2.39. The third-order valence-electron chi connectivity index (χ3n) is 1.87. The van der Waals surface area contributed by atoms with Crippen LogP contribution in [0, 0.1) is 13.8 Å². The molecule has 2 nitrogen and oxygen atoms in total. The van der Waals surface area contributed by atoms with Crippen LogP contribution in [0.25, 0.3) is 0 Å². The number of phenolic OH excluding ortho intramolecular Hbond substituents is 1. The summed E-state index contributed by atoms with van der Waals surface area (Å²) in [6.07, 6.45) is 0. The van der Waals surface area contributed by atoms with E-state index in [0.717, 1.165) is 11.1 Å². The van der Waals surface area contributed by atoms with E-state index in [9.17, 15) is 9.90 Å². The van der Waals surface area contributed by atoms with Crippen LogP contribution in [0.4, 0.5) is 0 Å². The molecule has 1 rings (SSSR count). The fourth-order valence-electron chi connectivity index (χ4n) is 0.954. The summed E-state index contributed by atoms with van der Waals surface area (Å²) in [6.45, 7) is 3.60. The number of aromatic hydroxyl groups is 1. The summed E-state index contributed by atoms with van der Waals surface area (Å²) in [5, 5.41) is 8.77. The molecule has 0 unspecified atom stereocenters. The van der Waals surface area contributed by atoms with Crippen LogP contribution in [0.1, 0.15) is 21.5 Å². The molecule has 0 aliphatic carbocycles. The van der Waals surface area contributed by atoms with Crippen molar-refractivity contribution >= 4 is 16.8 Å². The average molecular weight is 185 g/mol. The van der Waals surface area contributed by atoms with Gasteiger partial charge in [-0.3, -0.25) is 4.79 Å². The number of hydrogen-bond donors (Lipinski definition) is 1. The Labute approximate surface area is 75.8 Å². The first kappa shape index (κ1) is 9.07. The molecule has 0 fully saturated rings. The van der Waals surface area contributed by atoms with E-state index in [4.69, 9.17) is 11.6 Å². The minimum absolute atomic E-state index is 0.110. The topological polar surface area (TPSA) is 37.3 Å². The lowest BCUT2D eigenvalue weighted by atomic mass is 10.1. The standard InChI is InChI=1S/C9H9ClO2/c1-5-3-7(9(10)12)4-8(11)6(5)2/h3-4,11H,1-2H3. The summed E-state index contributed by atoms with van der Waals surface area (Å²) >= 11 is 5.25. The fraction of sp³-hybridized carbons (Fsp3) is 0.222. The second-order valence-corrected chi connectivity index (χ2v) is 3.05. The molecule has 0 heterocycles. The van der Waals surface area contributed by atoms with Gasteiger partial charge >= 0.3 is 0 Å². The Balaban J connectivity index is 3.31. The van der Waals surface area contributed by atoms with Crippen molar-refractivity contribution in [3.8, 4) is 5.75 Å². The summed E-state index contributed by atoms with van der Waals surface area (Å²) in [4.78, 5) is 10.7. The summed E-state index contributed by atoms with van der Waals surface area (Å²) in [7, 11) is 0. The van der Waals surface area contributed by atoms with Gasteiger partial charge in [0.2, 0.25) is 0 Å². The third-order valence-corrected chi connectivity index (χ3v) is 2.09. The first-order chi connectivity index (χ1) is 5.52. The number of aryl methyl sites for hydroxylation is 1. The van der Waals surface area contributed by atoms with Gasteiger partial charge in [-0.15, -0.1) is 0 Å². The molecule has 12 heavy (non-hydrogen) atoms. The lowest BCUT2D eigenvalue weighted by Crippen LogP contribution is -1.91. The Bertz CT molecular complexity index is 308. The maximum absolute atomic E-state index is 10.7. The molecule has 1 N–H and O–H groups in total. The number of phenols is 1. The number of carbonyl (C=O) groups is 1. The molecule has 0 aliphatic heterocycles. The maximum atomic E-state index is 10.7. The minimum Gasteiger partial charge on any atom is -0.508 e. The van der Waals surface area contributed by atoms with Gasteiger partial charge in [-0.1, -0.05) is 0 Å². The van der Waals surface area contributed by atoms with Crippen LogP contribution in [-0.4, -0.2) is 10.3 Å². The molecular weight excluding hydrogens is 176 g/mol. The Hall–Kier alpha value is -1.02. The zero-order chi connectivity index (χ0) is 9.30. The SMILES string of the molecule is Cc1cc(C(=O)Cl)cc(O)c1C. The molecule has 1 aromatic rings. The Morgan fingerprint density at radius 2 is 2.00 bits per heavy atom. The maximum Gasteiger partial charge on any atom is 0.252 e. The lowest BCUT2D eigenvalue weighted by Gasteiger charge is -2.04. The molecule has 0 aliphatic rings. The van der Waals surface area contributed by atoms with Crippen molar-refractivity contribution < 1.29 is 9.90 Å². The van der Waals surface area contributed by atoms with Crippen molar-refractivity contribution in [2.45, 2.75) is 13.8 Å². The van der Waals surface area contributed by atoms with E-state index in [1.54, 1.807) is 13.0 Å². The van der Waals surface area contributed by atoms with Crippen LogP contribution < -0.4 is 0 Å². The van der Waals surface area contributed by atoms with Crippen LogP contribution in [-0.2, 0) is 0 Å². The van der Waals surface area contributed by atoms with Crippen LogP contribution in [0.3, 0.4) is 0 Å². The first-order valence-corrected chi connectivity index (χ1v) is 3.90. The summed E-state index contributed by atoms with van der Waals surface area (Å²) in [6, 6.07) is 3.03. The van der Waals surface area contributed by atoms with E-state index in [1.807, 2.05) is 6.92 Å². The molecular formula is C9H9ClO2. The van der Waals surface area contributed by atoms with Crippen LogP contribution >= 0.6 is 11.6 Å². The monoisotopic (exact) mass is 184 g/mol. The van der Waals surface area contributed by atoms with E-state index >= 15 is 0 Å². The Morgan fingerprint density at radius 3 is 2.42 bits per heavy atom. The molecule has 0 atom stereocenters. The van der Waals surface area contributed by atoms with Gasteiger partial charge in [-0.25, -0.2) is 0 Å². The second-order valence-electron chi connectivity index (χ2n) is 2.71. The molecule has 3 heteroatoms. The molecule has 0 amide bonds. The summed E-state index contributed by atoms with van der Waals surface area (Å²) in [5.74, 6) is 0.110.